The average Bonchev–Trinajstić information content (AvgIpc) is 2.73. The third kappa shape index (κ3) is 6.24. The Morgan fingerprint density at radius 3 is 2.52 bits per heavy atom. The summed E-state index contributed by atoms with van der Waals surface area (Å²) in [6, 6.07) is 15.6. The molecule has 1 N–H and O–H groups in total. The zero-order valence-corrected chi connectivity index (χ0v) is 16.9. The molecule has 0 spiro atoms. The summed E-state index contributed by atoms with van der Waals surface area (Å²) < 4.78 is 39.6. The van der Waals surface area contributed by atoms with Gasteiger partial charge in [0.1, 0.15) is 5.82 Å². The second-order valence-electron chi connectivity index (χ2n) is 7.10. The fourth-order valence-corrected chi connectivity index (χ4v) is 4.58. The molecule has 0 radical (unpaired) electrons. The fourth-order valence-electron chi connectivity index (χ4n) is 3.35. The smallest absolute Gasteiger partial charge is 0.236 e. The summed E-state index contributed by atoms with van der Waals surface area (Å²) in [5.41, 5.74) is 1.65. The lowest BCUT2D eigenvalue weighted by atomic mass is 9.97. The van der Waals surface area contributed by atoms with Gasteiger partial charge in [0.15, 0.2) is 0 Å². The van der Waals surface area contributed by atoms with E-state index in [1.54, 1.807) is 12.1 Å². The predicted molar refractivity (Wildman–Crippen MR) is 112 cm³/mol. The third-order valence-corrected chi connectivity index (χ3v) is 6.58. The van der Waals surface area contributed by atoms with Crippen molar-refractivity contribution in [2.45, 2.75) is 19.3 Å². The number of carbonyl (C=O) groups excluding carboxylic acids is 1. The van der Waals surface area contributed by atoms with E-state index in [1.165, 1.54) is 21.8 Å². The van der Waals surface area contributed by atoms with Gasteiger partial charge in [-0.15, -0.1) is 0 Å². The van der Waals surface area contributed by atoms with Crippen LogP contribution in [0.5, 0.6) is 0 Å². The summed E-state index contributed by atoms with van der Waals surface area (Å²) in [5.74, 6) is -0.561. The van der Waals surface area contributed by atoms with Crippen molar-refractivity contribution in [1.82, 2.24) is 9.62 Å². The number of nitrogens with zero attached hydrogens (tertiary/aromatic N) is 1. The summed E-state index contributed by atoms with van der Waals surface area (Å²) in [6.07, 6.45) is 3.12. The van der Waals surface area contributed by atoms with Gasteiger partial charge < -0.3 is 5.32 Å². The van der Waals surface area contributed by atoms with Crippen molar-refractivity contribution in [3.05, 3.63) is 76.9 Å². The zero-order valence-electron chi connectivity index (χ0n) is 16.1. The van der Waals surface area contributed by atoms with Gasteiger partial charge >= 0.3 is 0 Å². The Kier molecular flexibility index (Phi) is 7.17. The van der Waals surface area contributed by atoms with Gasteiger partial charge in [-0.1, -0.05) is 42.5 Å². The predicted octanol–water partition coefficient (Wildman–Crippen LogP) is 3.20. The number of rotatable bonds is 7. The third-order valence-electron chi connectivity index (χ3n) is 5.02. The molecule has 2 aromatic carbocycles. The van der Waals surface area contributed by atoms with Crippen LogP contribution in [0.25, 0.3) is 6.08 Å². The summed E-state index contributed by atoms with van der Waals surface area (Å²) in [7, 11) is -3.50. The maximum Gasteiger partial charge on any atom is 0.236 e. The number of amides is 1. The Labute approximate surface area is 171 Å². The number of nitrogens with one attached hydrogen (secondary N) is 1. The Balaban J connectivity index is 1.45. The lowest BCUT2D eigenvalue weighted by Crippen LogP contribution is -2.42. The first-order valence-electron chi connectivity index (χ1n) is 9.69. The van der Waals surface area contributed by atoms with Gasteiger partial charge in [-0.25, -0.2) is 12.8 Å². The first-order chi connectivity index (χ1) is 13.9. The summed E-state index contributed by atoms with van der Waals surface area (Å²) in [6.45, 7) is 1.08. The monoisotopic (exact) mass is 416 g/mol. The summed E-state index contributed by atoms with van der Waals surface area (Å²) in [5, 5.41) is 4.10. The molecule has 1 amide bonds. The first kappa shape index (κ1) is 21.2. The van der Waals surface area contributed by atoms with Crippen molar-refractivity contribution in [3.63, 3.8) is 0 Å². The van der Waals surface area contributed by atoms with E-state index in [4.69, 9.17) is 0 Å². The molecule has 5 nitrogen and oxygen atoms in total. The van der Waals surface area contributed by atoms with Crippen LogP contribution in [0, 0.1) is 11.7 Å². The van der Waals surface area contributed by atoms with Crippen LogP contribution in [0.4, 0.5) is 4.39 Å². The Morgan fingerprint density at radius 2 is 1.83 bits per heavy atom. The van der Waals surface area contributed by atoms with Crippen LogP contribution in [0.1, 0.15) is 24.0 Å². The molecule has 0 bridgehead atoms. The van der Waals surface area contributed by atoms with Crippen molar-refractivity contribution in [1.29, 1.82) is 0 Å². The Morgan fingerprint density at radius 1 is 1.10 bits per heavy atom. The largest absolute Gasteiger partial charge is 0.356 e. The minimum absolute atomic E-state index is 0.0710. The van der Waals surface area contributed by atoms with E-state index in [-0.39, 0.29) is 17.6 Å². The molecular formula is C22H25FN2O3S. The van der Waals surface area contributed by atoms with Gasteiger partial charge in [0, 0.05) is 31.0 Å². The molecule has 1 heterocycles. The van der Waals surface area contributed by atoms with E-state index in [1.807, 2.05) is 36.4 Å². The lowest BCUT2D eigenvalue weighted by molar-refractivity contribution is -0.126. The van der Waals surface area contributed by atoms with Crippen LogP contribution in [0.2, 0.25) is 0 Å². The SMILES string of the molecule is O=C(NCCc1cccc(F)c1)C1CCN(S(=O)(=O)/C=C/c2ccccc2)CC1. The minimum atomic E-state index is -3.50. The van der Waals surface area contributed by atoms with Crippen molar-refractivity contribution in [2.24, 2.45) is 5.92 Å². The van der Waals surface area contributed by atoms with Crippen LogP contribution in [-0.2, 0) is 21.2 Å². The molecule has 0 unspecified atom stereocenters. The fraction of sp³-hybridized carbons (Fsp3) is 0.318. The van der Waals surface area contributed by atoms with Gasteiger partial charge in [-0.3, -0.25) is 4.79 Å². The molecule has 0 aliphatic carbocycles. The number of halogens is 1. The number of hydrogen-bond donors (Lipinski definition) is 1. The van der Waals surface area contributed by atoms with Gasteiger partial charge in [-0.2, -0.15) is 4.31 Å². The Hall–Kier alpha value is -2.51. The number of sulfonamides is 1. The van der Waals surface area contributed by atoms with Crippen LogP contribution in [0.3, 0.4) is 0 Å². The first-order valence-corrected chi connectivity index (χ1v) is 11.2. The highest BCUT2D eigenvalue weighted by Crippen LogP contribution is 2.21. The molecule has 1 fully saturated rings. The highest BCUT2D eigenvalue weighted by atomic mass is 32.2. The molecule has 0 aromatic heterocycles. The Bertz CT molecular complexity index is 953. The van der Waals surface area contributed by atoms with E-state index in [9.17, 15) is 17.6 Å². The molecule has 154 valence electrons. The van der Waals surface area contributed by atoms with E-state index >= 15 is 0 Å². The van der Waals surface area contributed by atoms with Gasteiger partial charge in [0.2, 0.25) is 15.9 Å². The number of hydrogen-bond acceptors (Lipinski definition) is 3. The van der Waals surface area contributed by atoms with Crippen molar-refractivity contribution in [3.8, 4) is 0 Å². The minimum Gasteiger partial charge on any atom is -0.356 e. The molecule has 29 heavy (non-hydrogen) atoms. The molecular weight excluding hydrogens is 391 g/mol. The maximum absolute atomic E-state index is 13.2. The number of piperidine rings is 1. The number of carbonyl (C=O) groups is 1. The van der Waals surface area contributed by atoms with Crippen molar-refractivity contribution >= 4 is 22.0 Å². The molecule has 1 aliphatic rings. The average molecular weight is 417 g/mol. The maximum atomic E-state index is 13.2. The van der Waals surface area contributed by atoms with E-state index in [0.29, 0.717) is 38.9 Å². The molecule has 0 atom stereocenters. The van der Waals surface area contributed by atoms with E-state index in [2.05, 4.69) is 5.32 Å². The second-order valence-corrected chi connectivity index (χ2v) is 8.92. The number of benzene rings is 2. The van der Waals surface area contributed by atoms with Crippen LogP contribution >= 0.6 is 0 Å². The van der Waals surface area contributed by atoms with Crippen LogP contribution in [0.15, 0.2) is 60.0 Å². The molecule has 2 aromatic rings. The van der Waals surface area contributed by atoms with Gasteiger partial charge in [-0.05, 0) is 48.6 Å². The van der Waals surface area contributed by atoms with Gasteiger partial charge in [0.05, 0.1) is 0 Å². The topological polar surface area (TPSA) is 66.5 Å². The van der Waals surface area contributed by atoms with Crippen LogP contribution in [-0.4, -0.2) is 38.3 Å². The summed E-state index contributed by atoms with van der Waals surface area (Å²) in [4.78, 5) is 12.4. The quantitative estimate of drug-likeness (QED) is 0.754. The lowest BCUT2D eigenvalue weighted by Gasteiger charge is -2.29. The second kappa shape index (κ2) is 9.80. The van der Waals surface area contributed by atoms with E-state index in [0.717, 1.165) is 11.1 Å². The van der Waals surface area contributed by atoms with Crippen molar-refractivity contribution < 1.29 is 17.6 Å². The zero-order chi connectivity index (χ0) is 20.7. The van der Waals surface area contributed by atoms with E-state index < -0.39 is 10.0 Å². The molecule has 7 heteroatoms. The molecule has 1 aliphatic heterocycles. The van der Waals surface area contributed by atoms with Crippen molar-refractivity contribution in [2.75, 3.05) is 19.6 Å². The van der Waals surface area contributed by atoms with Crippen LogP contribution < -0.4 is 5.32 Å². The summed E-state index contributed by atoms with van der Waals surface area (Å²) >= 11 is 0. The standard InChI is InChI=1S/C22H25FN2O3S/c23-21-8-4-7-19(17-21)9-13-24-22(26)20-10-14-25(15-11-20)29(27,28)16-12-18-5-2-1-3-6-18/h1-8,12,16-17,20H,9-11,13-15H2,(H,24,26)/b16-12+. The molecule has 1 saturated heterocycles. The highest BCUT2D eigenvalue weighted by Gasteiger charge is 2.29. The molecule has 0 saturated carbocycles. The van der Waals surface area contributed by atoms with Gasteiger partial charge in [0.25, 0.3) is 0 Å². The highest BCUT2D eigenvalue weighted by molar-refractivity contribution is 7.92. The normalized spacial score (nSPS) is 16.2. The molecule has 3 rings (SSSR count).